The van der Waals surface area contributed by atoms with Gasteiger partial charge in [0.05, 0.1) is 18.4 Å². The Labute approximate surface area is 131 Å². The topological polar surface area (TPSA) is 42.2 Å². The molecule has 0 aliphatic heterocycles. The predicted octanol–water partition coefficient (Wildman–Crippen LogP) is 3.63. The van der Waals surface area contributed by atoms with Crippen molar-refractivity contribution in [3.63, 3.8) is 0 Å². The van der Waals surface area contributed by atoms with Gasteiger partial charge in [0.15, 0.2) is 0 Å². The SMILES string of the molecule is O=C(Cc1ccc(Br)cc1)NCCSCc1ccco1. The summed E-state index contributed by atoms with van der Waals surface area (Å²) in [6.45, 7) is 0.681. The van der Waals surface area contributed by atoms with E-state index in [0.29, 0.717) is 13.0 Å². The van der Waals surface area contributed by atoms with Gasteiger partial charge in [-0.1, -0.05) is 28.1 Å². The first-order chi connectivity index (χ1) is 9.74. The van der Waals surface area contributed by atoms with E-state index in [2.05, 4.69) is 21.2 Å². The van der Waals surface area contributed by atoms with E-state index in [-0.39, 0.29) is 5.91 Å². The molecule has 0 spiro atoms. The third-order valence-corrected chi connectivity index (χ3v) is 4.18. The van der Waals surface area contributed by atoms with E-state index < -0.39 is 0 Å². The van der Waals surface area contributed by atoms with Gasteiger partial charge in [0, 0.05) is 16.8 Å². The molecule has 1 amide bonds. The maximum Gasteiger partial charge on any atom is 0.224 e. The molecule has 0 radical (unpaired) electrons. The quantitative estimate of drug-likeness (QED) is 0.772. The molecule has 0 saturated heterocycles. The highest BCUT2D eigenvalue weighted by atomic mass is 79.9. The summed E-state index contributed by atoms with van der Waals surface area (Å²) in [4.78, 5) is 11.7. The number of hydrogen-bond acceptors (Lipinski definition) is 3. The number of amides is 1. The summed E-state index contributed by atoms with van der Waals surface area (Å²) in [5, 5.41) is 2.92. The molecule has 0 saturated carbocycles. The largest absolute Gasteiger partial charge is 0.468 e. The fourth-order valence-corrected chi connectivity index (χ4v) is 2.70. The van der Waals surface area contributed by atoms with Crippen molar-refractivity contribution in [2.75, 3.05) is 12.3 Å². The number of carbonyl (C=O) groups is 1. The zero-order valence-electron chi connectivity index (χ0n) is 11.0. The number of carbonyl (C=O) groups excluding carboxylic acids is 1. The van der Waals surface area contributed by atoms with Gasteiger partial charge in [-0.25, -0.2) is 0 Å². The van der Waals surface area contributed by atoms with Crippen LogP contribution in [0.25, 0.3) is 0 Å². The van der Waals surface area contributed by atoms with E-state index in [1.807, 2.05) is 36.4 Å². The lowest BCUT2D eigenvalue weighted by Crippen LogP contribution is -2.27. The maximum atomic E-state index is 11.7. The van der Waals surface area contributed by atoms with Gasteiger partial charge in [-0.2, -0.15) is 11.8 Å². The van der Waals surface area contributed by atoms with Crippen molar-refractivity contribution in [3.8, 4) is 0 Å². The fraction of sp³-hybridized carbons (Fsp3) is 0.267. The van der Waals surface area contributed by atoms with Gasteiger partial charge in [0.25, 0.3) is 0 Å². The van der Waals surface area contributed by atoms with Crippen molar-refractivity contribution >= 4 is 33.6 Å². The van der Waals surface area contributed by atoms with Gasteiger partial charge in [0.1, 0.15) is 5.76 Å². The highest BCUT2D eigenvalue weighted by Gasteiger charge is 2.03. The first-order valence-corrected chi connectivity index (χ1v) is 8.30. The van der Waals surface area contributed by atoms with E-state index in [1.54, 1.807) is 18.0 Å². The highest BCUT2D eigenvalue weighted by Crippen LogP contribution is 2.12. The molecular formula is C15H16BrNO2S. The molecule has 20 heavy (non-hydrogen) atoms. The van der Waals surface area contributed by atoms with Crippen LogP contribution in [-0.4, -0.2) is 18.2 Å². The van der Waals surface area contributed by atoms with Crippen LogP contribution in [0, 0.1) is 0 Å². The minimum absolute atomic E-state index is 0.0610. The van der Waals surface area contributed by atoms with Gasteiger partial charge in [-0.3, -0.25) is 4.79 Å². The highest BCUT2D eigenvalue weighted by molar-refractivity contribution is 9.10. The van der Waals surface area contributed by atoms with Crippen LogP contribution in [0.15, 0.2) is 51.6 Å². The van der Waals surface area contributed by atoms with E-state index >= 15 is 0 Å². The zero-order chi connectivity index (χ0) is 14.2. The Morgan fingerprint density at radius 1 is 1.25 bits per heavy atom. The summed E-state index contributed by atoms with van der Waals surface area (Å²) in [6, 6.07) is 11.6. The summed E-state index contributed by atoms with van der Waals surface area (Å²) in [5.74, 6) is 2.75. The Kier molecular flexibility index (Phi) is 6.21. The van der Waals surface area contributed by atoms with Crippen molar-refractivity contribution in [2.24, 2.45) is 0 Å². The zero-order valence-corrected chi connectivity index (χ0v) is 13.4. The summed E-state index contributed by atoms with van der Waals surface area (Å²) in [7, 11) is 0. The third kappa shape index (κ3) is 5.43. The maximum absolute atomic E-state index is 11.7. The summed E-state index contributed by atoms with van der Waals surface area (Å²) >= 11 is 5.12. The van der Waals surface area contributed by atoms with Crippen LogP contribution >= 0.6 is 27.7 Å². The minimum Gasteiger partial charge on any atom is -0.468 e. The lowest BCUT2D eigenvalue weighted by molar-refractivity contribution is -0.120. The Bertz CT molecular complexity index is 525. The minimum atomic E-state index is 0.0610. The molecule has 0 bridgehead atoms. The second kappa shape index (κ2) is 8.17. The molecule has 2 aromatic rings. The monoisotopic (exact) mass is 353 g/mol. The van der Waals surface area contributed by atoms with E-state index in [4.69, 9.17) is 4.42 Å². The summed E-state index contributed by atoms with van der Waals surface area (Å²) in [6.07, 6.45) is 2.10. The molecule has 2 rings (SSSR count). The molecule has 1 aromatic heterocycles. The van der Waals surface area contributed by atoms with E-state index in [9.17, 15) is 4.79 Å². The van der Waals surface area contributed by atoms with E-state index in [1.165, 1.54) is 0 Å². The second-order valence-electron chi connectivity index (χ2n) is 4.29. The lowest BCUT2D eigenvalue weighted by Gasteiger charge is -2.05. The Balaban J connectivity index is 1.59. The molecule has 1 aromatic carbocycles. The number of nitrogens with one attached hydrogen (secondary N) is 1. The van der Waals surface area contributed by atoms with Crippen LogP contribution in [0.4, 0.5) is 0 Å². The fourth-order valence-electron chi connectivity index (χ4n) is 1.68. The summed E-state index contributed by atoms with van der Waals surface area (Å²) in [5.41, 5.74) is 1.02. The first-order valence-electron chi connectivity index (χ1n) is 6.35. The third-order valence-electron chi connectivity index (χ3n) is 2.67. The van der Waals surface area contributed by atoms with Gasteiger partial charge >= 0.3 is 0 Å². The molecule has 0 aliphatic rings. The molecule has 106 valence electrons. The van der Waals surface area contributed by atoms with Crippen LogP contribution in [-0.2, 0) is 17.0 Å². The number of halogens is 1. The standard InChI is InChI=1S/C15H16BrNO2S/c16-13-5-3-12(4-6-13)10-15(18)17-7-9-20-11-14-2-1-8-19-14/h1-6,8H,7,9-11H2,(H,17,18). The molecule has 0 fully saturated rings. The van der Waals surface area contributed by atoms with Gasteiger partial charge in [-0.05, 0) is 29.8 Å². The number of furan rings is 1. The van der Waals surface area contributed by atoms with Crippen LogP contribution in [0.5, 0.6) is 0 Å². The van der Waals surface area contributed by atoms with Crippen molar-refractivity contribution in [1.29, 1.82) is 0 Å². The molecule has 1 N–H and O–H groups in total. The molecule has 0 unspecified atom stereocenters. The van der Waals surface area contributed by atoms with Gasteiger partial charge < -0.3 is 9.73 Å². The van der Waals surface area contributed by atoms with Crippen LogP contribution < -0.4 is 5.32 Å². The predicted molar refractivity (Wildman–Crippen MR) is 85.7 cm³/mol. The number of rotatable bonds is 7. The molecule has 3 nitrogen and oxygen atoms in total. The van der Waals surface area contributed by atoms with Gasteiger partial charge in [-0.15, -0.1) is 0 Å². The summed E-state index contributed by atoms with van der Waals surface area (Å²) < 4.78 is 6.26. The normalized spacial score (nSPS) is 10.4. The van der Waals surface area contributed by atoms with Crippen molar-refractivity contribution < 1.29 is 9.21 Å². The molecular weight excluding hydrogens is 338 g/mol. The Morgan fingerprint density at radius 2 is 2.05 bits per heavy atom. The number of benzene rings is 1. The molecule has 0 aliphatic carbocycles. The number of thioether (sulfide) groups is 1. The first kappa shape index (κ1) is 15.2. The average Bonchev–Trinajstić information content (AvgIpc) is 2.94. The van der Waals surface area contributed by atoms with Gasteiger partial charge in [0.2, 0.25) is 5.91 Å². The van der Waals surface area contributed by atoms with Crippen LogP contribution in [0.1, 0.15) is 11.3 Å². The van der Waals surface area contributed by atoms with Crippen LogP contribution in [0.2, 0.25) is 0 Å². The Hall–Kier alpha value is -1.20. The van der Waals surface area contributed by atoms with Crippen molar-refractivity contribution in [2.45, 2.75) is 12.2 Å². The lowest BCUT2D eigenvalue weighted by atomic mass is 10.1. The molecule has 1 heterocycles. The average molecular weight is 354 g/mol. The van der Waals surface area contributed by atoms with E-state index in [0.717, 1.165) is 27.3 Å². The molecule has 5 heteroatoms. The molecule has 0 atom stereocenters. The smallest absolute Gasteiger partial charge is 0.224 e. The van der Waals surface area contributed by atoms with Crippen LogP contribution in [0.3, 0.4) is 0 Å². The second-order valence-corrected chi connectivity index (χ2v) is 6.31. The Morgan fingerprint density at radius 3 is 2.75 bits per heavy atom. The van der Waals surface area contributed by atoms with Crippen molar-refractivity contribution in [1.82, 2.24) is 5.32 Å². The number of hydrogen-bond donors (Lipinski definition) is 1. The van der Waals surface area contributed by atoms with Crippen molar-refractivity contribution in [3.05, 3.63) is 58.5 Å².